The molecule has 2 aromatic rings. The second kappa shape index (κ2) is 6.65. The van der Waals surface area contributed by atoms with Crippen LogP contribution < -0.4 is 10.0 Å². The summed E-state index contributed by atoms with van der Waals surface area (Å²) in [7, 11) is -1.71. The molecule has 0 aliphatic rings. The second-order valence-corrected chi connectivity index (χ2v) is 7.50. The lowest BCUT2D eigenvalue weighted by Gasteiger charge is -2.10. The molecule has 21 heavy (non-hydrogen) atoms. The van der Waals surface area contributed by atoms with Gasteiger partial charge in [-0.25, -0.2) is 13.1 Å². The zero-order valence-electron chi connectivity index (χ0n) is 12.3. The topological polar surface area (TPSA) is 71.1 Å². The molecule has 0 aliphatic heterocycles. The lowest BCUT2D eigenvalue weighted by atomic mass is 10.2. The third-order valence-corrected chi connectivity index (χ3v) is 6.05. The second-order valence-electron chi connectivity index (χ2n) is 4.83. The number of thiophene rings is 1. The molecule has 0 amide bonds. The van der Waals surface area contributed by atoms with E-state index in [1.165, 1.54) is 11.3 Å². The van der Waals surface area contributed by atoms with Gasteiger partial charge in [0, 0.05) is 30.4 Å². The number of aryl methyl sites for hydroxylation is 2. The first-order chi connectivity index (χ1) is 9.95. The predicted octanol–water partition coefficient (Wildman–Crippen LogP) is 1.96. The molecule has 114 valence electrons. The molecule has 0 fully saturated rings. The highest BCUT2D eigenvalue weighted by Gasteiger charge is 2.22. The van der Waals surface area contributed by atoms with E-state index in [1.54, 1.807) is 19.4 Å². The maximum Gasteiger partial charge on any atom is 0.242 e. The fourth-order valence-corrected chi connectivity index (χ4v) is 4.90. The molecule has 2 heterocycles. The fraction of sp³-hybridized carbons (Fsp3) is 0.357. The molecule has 0 aliphatic carbocycles. The Balaban J connectivity index is 2.23. The third kappa shape index (κ3) is 3.68. The molecule has 0 spiro atoms. The fourth-order valence-electron chi connectivity index (χ4n) is 2.08. The summed E-state index contributed by atoms with van der Waals surface area (Å²) in [6.45, 7) is 4.55. The Kier molecular flexibility index (Phi) is 5.10. The molecular formula is C14H19N3O2S2. The van der Waals surface area contributed by atoms with Crippen molar-refractivity contribution in [1.82, 2.24) is 15.0 Å². The number of rotatable bonds is 6. The van der Waals surface area contributed by atoms with Crippen molar-refractivity contribution in [2.45, 2.75) is 31.8 Å². The van der Waals surface area contributed by atoms with Crippen LogP contribution in [0.4, 0.5) is 0 Å². The number of nitrogens with zero attached hydrogens (tertiary/aromatic N) is 1. The van der Waals surface area contributed by atoms with Crippen LogP contribution in [0.1, 0.15) is 21.6 Å². The minimum absolute atomic E-state index is 0.269. The van der Waals surface area contributed by atoms with Gasteiger partial charge < -0.3 is 5.32 Å². The van der Waals surface area contributed by atoms with Crippen LogP contribution in [0.25, 0.3) is 0 Å². The maximum absolute atomic E-state index is 12.5. The summed E-state index contributed by atoms with van der Waals surface area (Å²) in [5.41, 5.74) is 2.68. The average Bonchev–Trinajstić information content (AvgIpc) is 2.80. The number of nitrogens with one attached hydrogen (secondary N) is 2. The Morgan fingerprint density at radius 2 is 2.00 bits per heavy atom. The Bertz CT molecular complexity index is 724. The van der Waals surface area contributed by atoms with Gasteiger partial charge in [-0.15, -0.1) is 11.3 Å². The van der Waals surface area contributed by atoms with Gasteiger partial charge in [-0.2, -0.15) is 0 Å². The standard InChI is InChI=1S/C14H19N3O2S2/c1-10-6-16-5-4-12(10)7-17-21(18,19)14-11(2)9-20-13(14)8-15-3/h4-6,9,15,17H,7-8H2,1-3H3. The molecule has 0 unspecified atom stereocenters. The highest BCUT2D eigenvalue weighted by Crippen LogP contribution is 2.26. The van der Waals surface area contributed by atoms with E-state index in [2.05, 4.69) is 15.0 Å². The van der Waals surface area contributed by atoms with E-state index in [4.69, 9.17) is 0 Å². The lowest BCUT2D eigenvalue weighted by molar-refractivity contribution is 0.579. The molecule has 0 bridgehead atoms. The Morgan fingerprint density at radius 1 is 1.24 bits per heavy atom. The van der Waals surface area contributed by atoms with Crippen molar-refractivity contribution >= 4 is 21.4 Å². The van der Waals surface area contributed by atoms with Gasteiger partial charge in [-0.1, -0.05) is 0 Å². The molecule has 0 aromatic carbocycles. The molecular weight excluding hydrogens is 306 g/mol. The number of aromatic nitrogens is 1. The minimum atomic E-state index is -3.52. The van der Waals surface area contributed by atoms with Gasteiger partial charge >= 0.3 is 0 Å². The number of pyridine rings is 1. The van der Waals surface area contributed by atoms with Crippen LogP contribution in [-0.4, -0.2) is 20.4 Å². The Morgan fingerprint density at radius 3 is 2.67 bits per heavy atom. The predicted molar refractivity (Wildman–Crippen MR) is 84.8 cm³/mol. The van der Waals surface area contributed by atoms with E-state index in [-0.39, 0.29) is 6.54 Å². The molecule has 2 aromatic heterocycles. The molecule has 0 saturated heterocycles. The van der Waals surface area contributed by atoms with Crippen LogP contribution in [0.2, 0.25) is 0 Å². The quantitative estimate of drug-likeness (QED) is 0.852. The van der Waals surface area contributed by atoms with E-state index in [9.17, 15) is 8.42 Å². The molecule has 0 radical (unpaired) electrons. The zero-order chi connectivity index (χ0) is 15.5. The van der Waals surface area contributed by atoms with E-state index in [1.807, 2.05) is 25.3 Å². The summed E-state index contributed by atoms with van der Waals surface area (Å²) in [5, 5.41) is 4.88. The zero-order valence-corrected chi connectivity index (χ0v) is 13.9. The van der Waals surface area contributed by atoms with Gasteiger partial charge in [0.15, 0.2) is 0 Å². The van der Waals surface area contributed by atoms with Crippen LogP contribution in [0.15, 0.2) is 28.7 Å². The Labute approximate surface area is 129 Å². The van der Waals surface area contributed by atoms with Crippen molar-refractivity contribution in [3.05, 3.63) is 45.4 Å². The van der Waals surface area contributed by atoms with Crippen LogP contribution in [0, 0.1) is 13.8 Å². The van der Waals surface area contributed by atoms with Gasteiger partial charge in [0.05, 0.1) is 0 Å². The van der Waals surface area contributed by atoms with Crippen molar-refractivity contribution in [3.8, 4) is 0 Å². The van der Waals surface area contributed by atoms with E-state index in [0.29, 0.717) is 11.4 Å². The van der Waals surface area contributed by atoms with Gasteiger partial charge in [0.25, 0.3) is 0 Å². The number of hydrogen-bond acceptors (Lipinski definition) is 5. The van der Waals surface area contributed by atoms with Crippen LogP contribution in [0.3, 0.4) is 0 Å². The smallest absolute Gasteiger partial charge is 0.242 e. The van der Waals surface area contributed by atoms with Crippen LogP contribution >= 0.6 is 11.3 Å². The summed E-state index contributed by atoms with van der Waals surface area (Å²) in [6, 6.07) is 1.83. The Hall–Kier alpha value is -1.28. The van der Waals surface area contributed by atoms with Gasteiger partial charge in [0.1, 0.15) is 4.90 Å². The maximum atomic E-state index is 12.5. The summed E-state index contributed by atoms with van der Waals surface area (Å²) >= 11 is 1.46. The first-order valence-corrected chi connectivity index (χ1v) is 8.92. The molecule has 2 rings (SSSR count). The van der Waals surface area contributed by atoms with Crippen molar-refractivity contribution in [3.63, 3.8) is 0 Å². The molecule has 7 heteroatoms. The minimum Gasteiger partial charge on any atom is -0.315 e. The number of sulfonamides is 1. The van der Waals surface area contributed by atoms with E-state index < -0.39 is 10.0 Å². The van der Waals surface area contributed by atoms with Crippen molar-refractivity contribution in [2.24, 2.45) is 0 Å². The molecule has 0 atom stereocenters. The van der Waals surface area contributed by atoms with E-state index in [0.717, 1.165) is 21.6 Å². The third-order valence-electron chi connectivity index (χ3n) is 3.18. The first-order valence-electron chi connectivity index (χ1n) is 6.56. The molecule has 0 saturated carbocycles. The SMILES string of the molecule is CNCc1scc(C)c1S(=O)(=O)NCc1ccncc1C. The monoisotopic (exact) mass is 325 g/mol. The summed E-state index contributed by atoms with van der Waals surface area (Å²) in [5.74, 6) is 0. The van der Waals surface area contributed by atoms with Crippen molar-refractivity contribution in [2.75, 3.05) is 7.05 Å². The summed E-state index contributed by atoms with van der Waals surface area (Å²) in [4.78, 5) is 5.23. The summed E-state index contributed by atoms with van der Waals surface area (Å²) < 4.78 is 27.8. The normalized spacial score (nSPS) is 11.8. The van der Waals surface area contributed by atoms with Crippen LogP contribution in [-0.2, 0) is 23.1 Å². The van der Waals surface area contributed by atoms with Gasteiger partial charge in [0.2, 0.25) is 10.0 Å². The molecule has 2 N–H and O–H groups in total. The molecule has 5 nitrogen and oxygen atoms in total. The van der Waals surface area contributed by atoms with E-state index >= 15 is 0 Å². The first kappa shape index (κ1) is 16.1. The highest BCUT2D eigenvalue weighted by atomic mass is 32.2. The van der Waals surface area contributed by atoms with Crippen molar-refractivity contribution < 1.29 is 8.42 Å². The number of hydrogen-bond donors (Lipinski definition) is 2. The van der Waals surface area contributed by atoms with Crippen molar-refractivity contribution in [1.29, 1.82) is 0 Å². The van der Waals surface area contributed by atoms with Gasteiger partial charge in [-0.3, -0.25) is 4.98 Å². The average molecular weight is 325 g/mol. The highest BCUT2D eigenvalue weighted by molar-refractivity contribution is 7.89. The van der Waals surface area contributed by atoms with Crippen LogP contribution in [0.5, 0.6) is 0 Å². The van der Waals surface area contributed by atoms with Gasteiger partial charge in [-0.05, 0) is 49.0 Å². The largest absolute Gasteiger partial charge is 0.315 e. The lowest BCUT2D eigenvalue weighted by Crippen LogP contribution is -2.25. The summed E-state index contributed by atoms with van der Waals surface area (Å²) in [6.07, 6.45) is 3.39.